The van der Waals surface area contributed by atoms with Crippen LogP contribution in [0.4, 0.5) is 10.1 Å². The van der Waals surface area contributed by atoms with Crippen LogP contribution in [0.2, 0.25) is 0 Å². The largest absolute Gasteiger partial charge is 0.479 e. The van der Waals surface area contributed by atoms with E-state index in [-0.39, 0.29) is 6.42 Å². The van der Waals surface area contributed by atoms with Gasteiger partial charge in [-0.2, -0.15) is 0 Å². The summed E-state index contributed by atoms with van der Waals surface area (Å²) in [5.41, 5.74) is 6.61. The summed E-state index contributed by atoms with van der Waals surface area (Å²) in [6.45, 7) is 0. The molecule has 3 N–H and O–H groups in total. The van der Waals surface area contributed by atoms with Crippen LogP contribution in [-0.4, -0.2) is 17.2 Å². The van der Waals surface area contributed by atoms with Crippen LogP contribution in [0.5, 0.6) is 0 Å². The van der Waals surface area contributed by atoms with Crippen LogP contribution in [0.25, 0.3) is 0 Å². The van der Waals surface area contributed by atoms with Crippen LogP contribution in [-0.2, 0) is 11.2 Å². The van der Waals surface area contributed by atoms with Gasteiger partial charge in [-0.05, 0) is 17.7 Å². The Kier molecular flexibility index (Phi) is 2.84. The number of carbonyl (C=O) groups is 1. The molecular weight excluding hydrogens is 173 g/mol. The van der Waals surface area contributed by atoms with E-state index in [2.05, 4.69) is 0 Å². The van der Waals surface area contributed by atoms with Gasteiger partial charge in [-0.25, -0.2) is 9.18 Å². The Hall–Kier alpha value is -1.58. The first-order valence-corrected chi connectivity index (χ1v) is 3.81. The molecule has 4 heteroatoms. The van der Waals surface area contributed by atoms with Gasteiger partial charge in [-0.3, -0.25) is 0 Å². The Bertz CT molecular complexity index is 297. The van der Waals surface area contributed by atoms with Gasteiger partial charge in [0.1, 0.15) is 0 Å². The molecule has 0 heterocycles. The van der Waals surface area contributed by atoms with Crippen molar-refractivity contribution in [1.29, 1.82) is 0 Å². The van der Waals surface area contributed by atoms with Crippen molar-refractivity contribution in [1.82, 2.24) is 0 Å². The summed E-state index contributed by atoms with van der Waals surface area (Å²) in [7, 11) is 0. The molecule has 0 radical (unpaired) electrons. The third-order valence-corrected chi connectivity index (χ3v) is 1.66. The third kappa shape index (κ3) is 2.74. The second-order valence-electron chi connectivity index (χ2n) is 2.75. The van der Waals surface area contributed by atoms with Gasteiger partial charge >= 0.3 is 5.97 Å². The second-order valence-corrected chi connectivity index (χ2v) is 2.75. The van der Waals surface area contributed by atoms with Crippen molar-refractivity contribution in [2.45, 2.75) is 12.6 Å². The number of nitrogens with two attached hydrogens (primary N) is 1. The first-order valence-electron chi connectivity index (χ1n) is 3.81. The van der Waals surface area contributed by atoms with Gasteiger partial charge in [-0.1, -0.05) is 12.1 Å². The van der Waals surface area contributed by atoms with E-state index in [1.165, 1.54) is 0 Å². The summed E-state index contributed by atoms with van der Waals surface area (Å²) < 4.78 is 12.7. The highest BCUT2D eigenvalue weighted by atomic mass is 19.1. The van der Waals surface area contributed by atoms with E-state index in [0.717, 1.165) is 0 Å². The summed E-state index contributed by atoms with van der Waals surface area (Å²) in [6.07, 6.45) is -1.96. The zero-order valence-corrected chi connectivity index (χ0v) is 6.90. The fourth-order valence-electron chi connectivity index (χ4n) is 0.948. The van der Waals surface area contributed by atoms with E-state index in [4.69, 9.17) is 10.8 Å². The van der Waals surface area contributed by atoms with Crippen LogP contribution in [0.3, 0.4) is 0 Å². The Morgan fingerprint density at radius 3 is 2.46 bits per heavy atom. The second kappa shape index (κ2) is 3.89. The van der Waals surface area contributed by atoms with Gasteiger partial charge in [0.15, 0.2) is 0 Å². The van der Waals surface area contributed by atoms with Crippen LogP contribution < -0.4 is 5.73 Å². The predicted molar refractivity (Wildman–Crippen MR) is 47.1 cm³/mol. The highest BCUT2D eigenvalue weighted by Crippen LogP contribution is 2.09. The molecule has 0 aliphatic heterocycles. The minimum absolute atomic E-state index is 0.115. The van der Waals surface area contributed by atoms with Gasteiger partial charge in [-0.15, -0.1) is 0 Å². The van der Waals surface area contributed by atoms with E-state index in [9.17, 15) is 9.18 Å². The van der Waals surface area contributed by atoms with Crippen LogP contribution >= 0.6 is 0 Å². The molecule has 1 aromatic rings. The summed E-state index contributed by atoms with van der Waals surface area (Å²) >= 11 is 0. The molecule has 1 aromatic carbocycles. The highest BCUT2D eigenvalue weighted by molar-refractivity contribution is 5.72. The maximum atomic E-state index is 12.7. The summed E-state index contributed by atoms with van der Waals surface area (Å²) in [6, 6.07) is 6.46. The van der Waals surface area contributed by atoms with Crippen LogP contribution in [0.15, 0.2) is 24.3 Å². The number of rotatable bonds is 3. The lowest BCUT2D eigenvalue weighted by molar-refractivity contribution is -0.142. The number of carboxylic acids is 1. The van der Waals surface area contributed by atoms with Crippen molar-refractivity contribution in [2.75, 3.05) is 5.73 Å². The minimum Gasteiger partial charge on any atom is -0.479 e. The summed E-state index contributed by atoms with van der Waals surface area (Å²) in [5, 5.41) is 8.30. The average Bonchev–Trinajstić information content (AvgIpc) is 2.08. The molecule has 0 saturated heterocycles. The number of halogens is 1. The number of benzene rings is 1. The quantitative estimate of drug-likeness (QED) is 0.693. The lowest BCUT2D eigenvalue weighted by Crippen LogP contribution is -2.17. The molecule has 13 heavy (non-hydrogen) atoms. The number of hydrogen-bond donors (Lipinski definition) is 2. The standard InChI is InChI=1S/C9H10FNO2/c10-8(9(12)13)5-6-1-3-7(11)4-2-6/h1-4,8H,5,11H2,(H,12,13). The van der Waals surface area contributed by atoms with Crippen molar-refractivity contribution < 1.29 is 14.3 Å². The molecule has 0 fully saturated rings. The lowest BCUT2D eigenvalue weighted by Gasteiger charge is -2.02. The van der Waals surface area contributed by atoms with Crippen LogP contribution in [0.1, 0.15) is 5.56 Å². The Morgan fingerprint density at radius 2 is 2.00 bits per heavy atom. The normalized spacial score (nSPS) is 12.4. The van der Waals surface area contributed by atoms with Crippen molar-refractivity contribution >= 4 is 11.7 Å². The van der Waals surface area contributed by atoms with E-state index in [1.807, 2.05) is 0 Å². The zero-order valence-electron chi connectivity index (χ0n) is 6.90. The smallest absolute Gasteiger partial charge is 0.338 e. The monoisotopic (exact) mass is 183 g/mol. The molecule has 0 aromatic heterocycles. The number of hydrogen-bond acceptors (Lipinski definition) is 2. The van der Waals surface area contributed by atoms with E-state index < -0.39 is 12.1 Å². The molecule has 1 unspecified atom stereocenters. The van der Waals surface area contributed by atoms with Crippen molar-refractivity contribution in [3.05, 3.63) is 29.8 Å². The van der Waals surface area contributed by atoms with E-state index in [1.54, 1.807) is 24.3 Å². The Balaban J connectivity index is 2.64. The fraction of sp³-hybridized carbons (Fsp3) is 0.222. The topological polar surface area (TPSA) is 63.3 Å². The number of carboxylic acid groups (broad SMARTS) is 1. The predicted octanol–water partition coefficient (Wildman–Crippen LogP) is 1.23. The van der Waals surface area contributed by atoms with Crippen molar-refractivity contribution in [2.24, 2.45) is 0 Å². The third-order valence-electron chi connectivity index (χ3n) is 1.66. The Morgan fingerprint density at radius 1 is 1.46 bits per heavy atom. The number of anilines is 1. The first-order chi connectivity index (χ1) is 6.09. The molecule has 70 valence electrons. The molecule has 0 amide bonds. The average molecular weight is 183 g/mol. The lowest BCUT2D eigenvalue weighted by atomic mass is 10.1. The fourth-order valence-corrected chi connectivity index (χ4v) is 0.948. The van der Waals surface area contributed by atoms with Crippen molar-refractivity contribution in [3.63, 3.8) is 0 Å². The maximum Gasteiger partial charge on any atom is 0.338 e. The molecule has 0 saturated carbocycles. The first kappa shape index (κ1) is 9.51. The van der Waals surface area contributed by atoms with Crippen molar-refractivity contribution in [3.8, 4) is 0 Å². The molecule has 3 nitrogen and oxygen atoms in total. The molecule has 1 atom stereocenters. The van der Waals surface area contributed by atoms with Crippen LogP contribution in [0, 0.1) is 0 Å². The maximum absolute atomic E-state index is 12.7. The summed E-state index contributed by atoms with van der Waals surface area (Å²) in [4.78, 5) is 10.2. The van der Waals surface area contributed by atoms with Gasteiger partial charge in [0.05, 0.1) is 0 Å². The highest BCUT2D eigenvalue weighted by Gasteiger charge is 2.15. The molecule has 0 aliphatic rings. The molecule has 0 spiro atoms. The minimum atomic E-state index is -1.84. The summed E-state index contributed by atoms with van der Waals surface area (Å²) in [5.74, 6) is -1.43. The van der Waals surface area contributed by atoms with Gasteiger partial charge in [0, 0.05) is 12.1 Å². The van der Waals surface area contributed by atoms with E-state index >= 15 is 0 Å². The van der Waals surface area contributed by atoms with Gasteiger partial charge in [0.25, 0.3) is 0 Å². The SMILES string of the molecule is Nc1ccc(CC(F)C(=O)O)cc1. The molecule has 0 aliphatic carbocycles. The van der Waals surface area contributed by atoms with E-state index in [0.29, 0.717) is 11.3 Å². The number of aliphatic carboxylic acids is 1. The Labute approximate surface area is 75.0 Å². The number of nitrogen functional groups attached to an aromatic ring is 1. The molecule has 0 bridgehead atoms. The zero-order chi connectivity index (χ0) is 9.84. The molecule has 1 rings (SSSR count). The number of alkyl halides is 1. The van der Waals surface area contributed by atoms with Gasteiger partial charge in [0.2, 0.25) is 6.17 Å². The van der Waals surface area contributed by atoms with Gasteiger partial charge < -0.3 is 10.8 Å². The molecular formula is C9H10FNO2.